The zero-order chi connectivity index (χ0) is 23.1. The molecule has 6 nitrogen and oxygen atoms in total. The molecule has 0 fully saturated rings. The summed E-state index contributed by atoms with van der Waals surface area (Å²) in [7, 11) is 4.06. The van der Waals surface area contributed by atoms with Crippen LogP contribution in [0.5, 0.6) is 5.75 Å². The standard InChI is InChI=1S/C18H21N5OS.C4H8.C2H6/c1-13(15-6-4-5-9-19-15)21-22-18-20-16-8-7-14(12-17(16)25-18)24-11-10-23(2)3;1-3-4-2;1-2/h4-9,12H,10-11H2,1-3H3,(H,20,22);3-4H,1-2H3;1-2H3/b21-13+;4-3-;. The van der Waals surface area contributed by atoms with Gasteiger partial charge in [-0.3, -0.25) is 10.4 Å². The summed E-state index contributed by atoms with van der Waals surface area (Å²) in [6.45, 7) is 11.5. The van der Waals surface area contributed by atoms with E-state index in [4.69, 9.17) is 4.74 Å². The van der Waals surface area contributed by atoms with Crippen molar-refractivity contribution in [1.82, 2.24) is 14.9 Å². The number of allylic oxidation sites excluding steroid dienone is 2. The quantitative estimate of drug-likeness (QED) is 0.274. The van der Waals surface area contributed by atoms with E-state index in [0.717, 1.165) is 39.0 Å². The van der Waals surface area contributed by atoms with Gasteiger partial charge in [-0.25, -0.2) is 4.98 Å². The Morgan fingerprint density at radius 1 is 1.16 bits per heavy atom. The molecule has 2 aromatic heterocycles. The number of thiazole rings is 1. The van der Waals surface area contributed by atoms with E-state index in [1.165, 1.54) is 0 Å². The van der Waals surface area contributed by atoms with Crippen LogP contribution in [0.3, 0.4) is 0 Å². The number of hydrazone groups is 1. The molecular formula is C24H35N5OS. The van der Waals surface area contributed by atoms with E-state index in [2.05, 4.69) is 25.4 Å². The van der Waals surface area contributed by atoms with Gasteiger partial charge in [0.2, 0.25) is 5.13 Å². The van der Waals surface area contributed by atoms with Gasteiger partial charge in [0.1, 0.15) is 12.4 Å². The summed E-state index contributed by atoms with van der Waals surface area (Å²) in [6.07, 6.45) is 5.75. The maximum Gasteiger partial charge on any atom is 0.204 e. The average molecular weight is 442 g/mol. The summed E-state index contributed by atoms with van der Waals surface area (Å²) in [5, 5.41) is 5.11. The number of hydrogen-bond acceptors (Lipinski definition) is 7. The highest BCUT2D eigenvalue weighted by atomic mass is 32.1. The minimum atomic E-state index is 0.663. The molecule has 0 spiro atoms. The molecule has 0 bridgehead atoms. The molecule has 0 radical (unpaired) electrons. The topological polar surface area (TPSA) is 62.6 Å². The molecule has 0 atom stereocenters. The van der Waals surface area contributed by atoms with Crippen LogP contribution in [0.1, 0.15) is 40.3 Å². The number of nitrogens with zero attached hydrogens (tertiary/aromatic N) is 4. The number of fused-ring (bicyclic) bond motifs is 1. The zero-order valence-electron chi connectivity index (χ0n) is 19.7. The van der Waals surface area contributed by atoms with Crippen molar-refractivity contribution in [3.8, 4) is 5.75 Å². The van der Waals surface area contributed by atoms with E-state index < -0.39 is 0 Å². The molecule has 0 amide bonds. The predicted octanol–water partition coefficient (Wildman–Crippen LogP) is 6.08. The van der Waals surface area contributed by atoms with Crippen molar-refractivity contribution in [2.45, 2.75) is 34.6 Å². The minimum absolute atomic E-state index is 0.663. The van der Waals surface area contributed by atoms with Crippen LogP contribution >= 0.6 is 11.3 Å². The number of likely N-dealkylation sites (N-methyl/N-ethyl adjacent to an activating group) is 1. The van der Waals surface area contributed by atoms with Crippen molar-refractivity contribution in [3.63, 3.8) is 0 Å². The maximum absolute atomic E-state index is 5.77. The lowest BCUT2D eigenvalue weighted by Gasteiger charge is -2.10. The lowest BCUT2D eigenvalue weighted by atomic mass is 10.3. The summed E-state index contributed by atoms with van der Waals surface area (Å²) >= 11 is 1.55. The Kier molecular flexibility index (Phi) is 12.8. The van der Waals surface area contributed by atoms with Gasteiger partial charge in [-0.1, -0.05) is 43.4 Å². The van der Waals surface area contributed by atoms with Crippen molar-refractivity contribution in [2.75, 3.05) is 32.7 Å². The normalized spacial score (nSPS) is 11.0. The van der Waals surface area contributed by atoms with Crippen molar-refractivity contribution in [1.29, 1.82) is 0 Å². The van der Waals surface area contributed by atoms with Crippen LogP contribution in [0.25, 0.3) is 10.2 Å². The third-order valence-corrected chi connectivity index (χ3v) is 4.78. The Morgan fingerprint density at radius 3 is 2.52 bits per heavy atom. The number of ether oxygens (including phenoxy) is 1. The van der Waals surface area contributed by atoms with Crippen LogP contribution in [-0.2, 0) is 0 Å². The SMILES string of the molecule is C/C(=N\Nc1nc2ccc(OCCN(C)C)cc2s1)c1ccccn1.C/C=C\C.CC. The summed E-state index contributed by atoms with van der Waals surface area (Å²) < 4.78 is 6.84. The second-order valence-corrected chi connectivity index (χ2v) is 7.52. The number of pyridine rings is 1. The fourth-order valence-corrected chi connectivity index (χ4v) is 2.99. The molecule has 2 heterocycles. The van der Waals surface area contributed by atoms with E-state index >= 15 is 0 Å². The Hall–Kier alpha value is -2.77. The molecular weight excluding hydrogens is 406 g/mol. The molecule has 7 heteroatoms. The van der Waals surface area contributed by atoms with Gasteiger partial charge >= 0.3 is 0 Å². The maximum atomic E-state index is 5.77. The Balaban J connectivity index is 0.000000720. The van der Waals surface area contributed by atoms with E-state index in [1.54, 1.807) is 17.5 Å². The molecule has 0 aliphatic carbocycles. The monoisotopic (exact) mass is 441 g/mol. The molecule has 0 unspecified atom stereocenters. The van der Waals surface area contributed by atoms with Crippen LogP contribution in [0, 0.1) is 0 Å². The Labute approximate surface area is 190 Å². The first-order valence-electron chi connectivity index (χ1n) is 10.5. The summed E-state index contributed by atoms with van der Waals surface area (Å²) in [5.41, 5.74) is 5.60. The number of aromatic nitrogens is 2. The van der Waals surface area contributed by atoms with E-state index in [1.807, 2.05) is 97.3 Å². The Bertz CT molecular complexity index is 932. The van der Waals surface area contributed by atoms with Crippen LogP contribution in [0.2, 0.25) is 0 Å². The van der Waals surface area contributed by atoms with Gasteiger partial charge in [-0.2, -0.15) is 5.10 Å². The van der Waals surface area contributed by atoms with Crippen LogP contribution in [0.4, 0.5) is 5.13 Å². The summed E-state index contributed by atoms with van der Waals surface area (Å²) in [6, 6.07) is 11.7. The zero-order valence-corrected chi connectivity index (χ0v) is 20.5. The van der Waals surface area contributed by atoms with Gasteiger partial charge in [-0.15, -0.1) is 0 Å². The molecule has 0 saturated heterocycles. The number of hydrogen-bond donors (Lipinski definition) is 1. The first-order valence-corrected chi connectivity index (χ1v) is 11.3. The third kappa shape index (κ3) is 9.72. The first kappa shape index (κ1) is 26.3. The van der Waals surface area contributed by atoms with E-state index in [-0.39, 0.29) is 0 Å². The molecule has 0 aliphatic heterocycles. The lowest BCUT2D eigenvalue weighted by molar-refractivity contribution is 0.261. The van der Waals surface area contributed by atoms with Crippen molar-refractivity contribution >= 4 is 32.4 Å². The molecule has 0 saturated carbocycles. The number of nitrogens with one attached hydrogen (secondary N) is 1. The number of anilines is 1. The van der Waals surface area contributed by atoms with Gasteiger partial charge in [0.15, 0.2) is 0 Å². The van der Waals surface area contributed by atoms with Crippen molar-refractivity contribution in [3.05, 3.63) is 60.4 Å². The molecule has 0 aliphatic rings. The second kappa shape index (κ2) is 15.1. The average Bonchev–Trinajstić information content (AvgIpc) is 3.21. The highest BCUT2D eigenvalue weighted by Gasteiger charge is 2.06. The van der Waals surface area contributed by atoms with Crippen molar-refractivity contribution < 1.29 is 4.74 Å². The summed E-state index contributed by atoms with van der Waals surface area (Å²) in [4.78, 5) is 10.9. The van der Waals surface area contributed by atoms with Crippen LogP contribution < -0.4 is 10.2 Å². The van der Waals surface area contributed by atoms with Crippen LogP contribution in [0.15, 0.2) is 59.8 Å². The van der Waals surface area contributed by atoms with Gasteiger partial charge < -0.3 is 9.64 Å². The fourth-order valence-electron chi connectivity index (χ4n) is 2.15. The smallest absolute Gasteiger partial charge is 0.204 e. The molecule has 1 N–H and O–H groups in total. The second-order valence-electron chi connectivity index (χ2n) is 6.49. The third-order valence-electron chi connectivity index (χ3n) is 3.86. The molecule has 168 valence electrons. The first-order chi connectivity index (χ1) is 15.0. The lowest BCUT2D eigenvalue weighted by Crippen LogP contribution is -2.19. The molecule has 3 aromatic rings. The highest BCUT2D eigenvalue weighted by molar-refractivity contribution is 7.22. The van der Waals surface area contributed by atoms with Crippen molar-refractivity contribution in [2.24, 2.45) is 5.10 Å². The molecule has 3 rings (SSSR count). The van der Waals surface area contributed by atoms with Gasteiger partial charge in [0.05, 0.1) is 21.6 Å². The van der Waals surface area contributed by atoms with Gasteiger partial charge in [-0.05, 0) is 65.2 Å². The number of benzene rings is 1. The van der Waals surface area contributed by atoms with Gasteiger partial charge in [0.25, 0.3) is 0 Å². The van der Waals surface area contributed by atoms with Gasteiger partial charge in [0, 0.05) is 12.7 Å². The predicted molar refractivity (Wildman–Crippen MR) is 136 cm³/mol. The Morgan fingerprint density at radius 2 is 1.90 bits per heavy atom. The molecule has 31 heavy (non-hydrogen) atoms. The minimum Gasteiger partial charge on any atom is -0.492 e. The summed E-state index contributed by atoms with van der Waals surface area (Å²) in [5.74, 6) is 0.859. The number of rotatable bonds is 7. The van der Waals surface area contributed by atoms with Crippen LogP contribution in [-0.4, -0.2) is 47.8 Å². The molecule has 1 aromatic carbocycles. The highest BCUT2D eigenvalue weighted by Crippen LogP contribution is 2.29. The van der Waals surface area contributed by atoms with E-state index in [9.17, 15) is 0 Å². The largest absolute Gasteiger partial charge is 0.492 e. The fraction of sp³-hybridized carbons (Fsp3) is 0.375. The van der Waals surface area contributed by atoms with E-state index in [0.29, 0.717) is 6.61 Å².